The predicted molar refractivity (Wildman–Crippen MR) is 66.5 cm³/mol. The highest BCUT2D eigenvalue weighted by molar-refractivity contribution is 5.92. The number of anilines is 1. The van der Waals surface area contributed by atoms with E-state index >= 15 is 0 Å². The lowest BCUT2D eigenvalue weighted by molar-refractivity contribution is 0.0779. The lowest BCUT2D eigenvalue weighted by Gasteiger charge is -2.16. The van der Waals surface area contributed by atoms with Crippen LogP contribution >= 0.6 is 0 Å². The van der Waals surface area contributed by atoms with Gasteiger partial charge >= 0.3 is 0 Å². The Morgan fingerprint density at radius 2 is 2.17 bits per heavy atom. The number of carbonyl (C=O) groups excluding carboxylic acids is 1. The lowest BCUT2D eigenvalue weighted by atomic mass is 10.2. The van der Waals surface area contributed by atoms with Crippen LogP contribution in [0.3, 0.4) is 0 Å². The van der Waals surface area contributed by atoms with Crippen molar-refractivity contribution in [3.63, 3.8) is 0 Å². The summed E-state index contributed by atoms with van der Waals surface area (Å²) < 4.78 is 0. The van der Waals surface area contributed by atoms with Crippen LogP contribution in [-0.2, 0) is 6.54 Å². The average molecular weight is 243 g/mol. The van der Waals surface area contributed by atoms with Gasteiger partial charge in [0.05, 0.1) is 12.4 Å². The Hall–Kier alpha value is -2.50. The van der Waals surface area contributed by atoms with Gasteiger partial charge in [-0.3, -0.25) is 14.8 Å². The summed E-state index contributed by atoms with van der Waals surface area (Å²) >= 11 is 0. The van der Waals surface area contributed by atoms with Crippen molar-refractivity contribution >= 4 is 11.7 Å². The maximum atomic E-state index is 12.0. The molecule has 0 atom stereocenters. The molecule has 1 amide bonds. The average Bonchev–Trinajstić information content (AvgIpc) is 2.39. The predicted octanol–water partition coefficient (Wildman–Crippen LogP) is 0.726. The number of pyridine rings is 1. The molecule has 2 aromatic heterocycles. The number of aromatic nitrogens is 3. The Bertz CT molecular complexity index is 543. The fourth-order valence-electron chi connectivity index (χ4n) is 1.52. The van der Waals surface area contributed by atoms with E-state index < -0.39 is 0 Å². The van der Waals surface area contributed by atoms with Crippen LogP contribution in [0.5, 0.6) is 0 Å². The standard InChI is InChI=1S/C12H13N5O/c1-17(8-9-3-2-4-14-5-9)12(18)10-6-15-7-11(13)16-10/h2-7H,8H2,1H3,(H2,13,16). The van der Waals surface area contributed by atoms with Crippen LogP contribution < -0.4 is 5.73 Å². The van der Waals surface area contributed by atoms with Gasteiger partial charge in [-0.15, -0.1) is 0 Å². The van der Waals surface area contributed by atoms with E-state index in [0.717, 1.165) is 5.56 Å². The first-order valence-electron chi connectivity index (χ1n) is 5.38. The summed E-state index contributed by atoms with van der Waals surface area (Å²) in [7, 11) is 1.69. The fraction of sp³-hybridized carbons (Fsp3) is 0.167. The maximum Gasteiger partial charge on any atom is 0.274 e. The summed E-state index contributed by atoms with van der Waals surface area (Å²) in [6.07, 6.45) is 6.21. The van der Waals surface area contributed by atoms with E-state index in [2.05, 4.69) is 15.0 Å². The zero-order chi connectivity index (χ0) is 13.0. The molecule has 6 nitrogen and oxygen atoms in total. The van der Waals surface area contributed by atoms with E-state index in [-0.39, 0.29) is 17.4 Å². The summed E-state index contributed by atoms with van der Waals surface area (Å²) in [4.78, 5) is 25.4. The van der Waals surface area contributed by atoms with Gasteiger partial charge in [-0.05, 0) is 11.6 Å². The minimum atomic E-state index is -0.223. The first-order valence-corrected chi connectivity index (χ1v) is 5.38. The summed E-state index contributed by atoms with van der Waals surface area (Å²) in [5, 5.41) is 0. The first kappa shape index (κ1) is 12.0. The topological polar surface area (TPSA) is 85.0 Å². The molecule has 0 bridgehead atoms. The quantitative estimate of drug-likeness (QED) is 0.858. The largest absolute Gasteiger partial charge is 0.382 e. The summed E-state index contributed by atoms with van der Waals surface area (Å²) in [5.41, 5.74) is 6.68. The minimum Gasteiger partial charge on any atom is -0.382 e. The van der Waals surface area contributed by atoms with Gasteiger partial charge < -0.3 is 10.6 Å². The highest BCUT2D eigenvalue weighted by Crippen LogP contribution is 2.06. The number of hydrogen-bond donors (Lipinski definition) is 1. The minimum absolute atomic E-state index is 0.223. The molecule has 0 radical (unpaired) electrons. The summed E-state index contributed by atoms with van der Waals surface area (Å²) in [5.74, 6) is 0.00859. The molecule has 2 N–H and O–H groups in total. The van der Waals surface area contributed by atoms with E-state index in [0.29, 0.717) is 6.54 Å². The normalized spacial score (nSPS) is 10.1. The molecule has 6 heteroatoms. The molecule has 0 aromatic carbocycles. The van der Waals surface area contributed by atoms with Crippen molar-refractivity contribution in [1.29, 1.82) is 0 Å². The number of nitrogens with two attached hydrogens (primary N) is 1. The van der Waals surface area contributed by atoms with Gasteiger partial charge in [0.15, 0.2) is 0 Å². The van der Waals surface area contributed by atoms with Crippen molar-refractivity contribution in [3.05, 3.63) is 48.2 Å². The molecule has 0 unspecified atom stereocenters. The molecule has 0 saturated heterocycles. The zero-order valence-corrected chi connectivity index (χ0v) is 9.95. The molecule has 18 heavy (non-hydrogen) atoms. The van der Waals surface area contributed by atoms with Gasteiger partial charge in [0.2, 0.25) is 0 Å². The highest BCUT2D eigenvalue weighted by Gasteiger charge is 2.14. The number of carbonyl (C=O) groups is 1. The van der Waals surface area contributed by atoms with Crippen molar-refractivity contribution in [1.82, 2.24) is 19.9 Å². The molecule has 0 aliphatic rings. The third-order valence-corrected chi connectivity index (χ3v) is 2.36. The molecule has 0 saturated carbocycles. The molecular weight excluding hydrogens is 230 g/mol. The molecular formula is C12H13N5O. The van der Waals surface area contributed by atoms with Gasteiger partial charge in [-0.25, -0.2) is 4.98 Å². The van der Waals surface area contributed by atoms with Gasteiger partial charge in [0, 0.05) is 26.0 Å². The van der Waals surface area contributed by atoms with Crippen molar-refractivity contribution in [2.45, 2.75) is 6.54 Å². The number of hydrogen-bond acceptors (Lipinski definition) is 5. The van der Waals surface area contributed by atoms with Gasteiger partial charge in [0.25, 0.3) is 5.91 Å². The monoisotopic (exact) mass is 243 g/mol. The van der Waals surface area contributed by atoms with Crippen LogP contribution in [-0.4, -0.2) is 32.8 Å². The van der Waals surface area contributed by atoms with Crippen LogP contribution in [0.25, 0.3) is 0 Å². The summed E-state index contributed by atoms with van der Waals surface area (Å²) in [6.45, 7) is 0.461. The SMILES string of the molecule is CN(Cc1cccnc1)C(=O)c1cncc(N)n1. The molecule has 0 fully saturated rings. The Balaban J connectivity index is 2.10. The Labute approximate surface area is 105 Å². The van der Waals surface area contributed by atoms with Crippen molar-refractivity contribution in [2.24, 2.45) is 0 Å². The molecule has 0 aliphatic heterocycles. The molecule has 2 aromatic rings. The van der Waals surface area contributed by atoms with Crippen LogP contribution in [0.4, 0.5) is 5.82 Å². The van der Waals surface area contributed by atoms with Crippen LogP contribution in [0, 0.1) is 0 Å². The second-order valence-electron chi connectivity index (χ2n) is 3.85. The van der Waals surface area contributed by atoms with Crippen molar-refractivity contribution in [2.75, 3.05) is 12.8 Å². The molecule has 92 valence electrons. The molecule has 0 aliphatic carbocycles. The van der Waals surface area contributed by atoms with Crippen molar-refractivity contribution in [3.8, 4) is 0 Å². The Kier molecular flexibility index (Phi) is 3.47. The highest BCUT2D eigenvalue weighted by atomic mass is 16.2. The number of nitrogens with zero attached hydrogens (tertiary/aromatic N) is 4. The number of nitrogen functional groups attached to an aromatic ring is 1. The molecule has 2 heterocycles. The number of rotatable bonds is 3. The van der Waals surface area contributed by atoms with Gasteiger partial charge in [0.1, 0.15) is 11.5 Å². The smallest absolute Gasteiger partial charge is 0.274 e. The molecule has 0 spiro atoms. The summed E-state index contributed by atoms with van der Waals surface area (Å²) in [6, 6.07) is 3.73. The third-order valence-electron chi connectivity index (χ3n) is 2.36. The van der Waals surface area contributed by atoms with Gasteiger partial charge in [-0.1, -0.05) is 6.07 Å². The van der Waals surface area contributed by atoms with Crippen molar-refractivity contribution < 1.29 is 4.79 Å². The van der Waals surface area contributed by atoms with Crippen LogP contribution in [0.2, 0.25) is 0 Å². The Morgan fingerprint density at radius 1 is 1.33 bits per heavy atom. The molecule has 2 rings (SSSR count). The third kappa shape index (κ3) is 2.79. The number of amides is 1. The fourth-order valence-corrected chi connectivity index (χ4v) is 1.52. The Morgan fingerprint density at radius 3 is 2.83 bits per heavy atom. The van der Waals surface area contributed by atoms with Crippen LogP contribution in [0.1, 0.15) is 16.1 Å². The second kappa shape index (κ2) is 5.22. The lowest BCUT2D eigenvalue weighted by Crippen LogP contribution is -2.27. The van der Waals surface area contributed by atoms with E-state index in [4.69, 9.17) is 5.73 Å². The van der Waals surface area contributed by atoms with Gasteiger partial charge in [-0.2, -0.15) is 0 Å². The van der Waals surface area contributed by atoms with E-state index in [9.17, 15) is 4.79 Å². The zero-order valence-electron chi connectivity index (χ0n) is 9.95. The maximum absolute atomic E-state index is 12.0. The van der Waals surface area contributed by atoms with E-state index in [1.807, 2.05) is 12.1 Å². The van der Waals surface area contributed by atoms with E-state index in [1.54, 1.807) is 24.3 Å². The van der Waals surface area contributed by atoms with E-state index in [1.165, 1.54) is 12.4 Å². The second-order valence-corrected chi connectivity index (χ2v) is 3.85. The van der Waals surface area contributed by atoms with Crippen LogP contribution in [0.15, 0.2) is 36.9 Å². The first-order chi connectivity index (χ1) is 8.66.